The Morgan fingerprint density at radius 1 is 0.800 bits per heavy atom. The van der Waals surface area contributed by atoms with Gasteiger partial charge in [0.25, 0.3) is 0 Å². The smallest absolute Gasteiger partial charge is 0.465 e. The van der Waals surface area contributed by atoms with Gasteiger partial charge in [-0.3, -0.25) is 4.79 Å². The Kier molecular flexibility index (Phi) is 8.44. The Hall–Kier alpha value is -3.90. The Morgan fingerprint density at radius 3 is 1.71 bits per heavy atom. The van der Waals surface area contributed by atoms with E-state index in [0.717, 1.165) is 19.2 Å². The third kappa shape index (κ3) is 6.80. The summed E-state index contributed by atoms with van der Waals surface area (Å²) < 4.78 is 49.1. The third-order valence-electron chi connectivity index (χ3n) is 4.62. The third-order valence-corrected chi connectivity index (χ3v) is 5.91. The fraction of sp³-hybridized carbons (Fsp3) is 0.154. The normalized spacial score (nSPS) is 11.9. The molecule has 0 amide bonds. The number of phosphoric ester groups is 1. The number of benzene rings is 3. The number of halogens is 1. The summed E-state index contributed by atoms with van der Waals surface area (Å²) in [7, 11) is -3.40. The number of allylic oxidation sites excluding steroid dienone is 1. The van der Waals surface area contributed by atoms with Crippen molar-refractivity contribution >= 4 is 19.6 Å². The number of carbonyl (C=O) groups is 2. The summed E-state index contributed by atoms with van der Waals surface area (Å²) in [4.78, 5) is 26.0. The Balaban J connectivity index is 2.11. The lowest BCUT2D eigenvalue weighted by atomic mass is 9.98. The first-order chi connectivity index (χ1) is 16.7. The van der Waals surface area contributed by atoms with Crippen molar-refractivity contribution in [1.82, 2.24) is 0 Å². The van der Waals surface area contributed by atoms with Gasteiger partial charge in [-0.25, -0.2) is 9.18 Å². The van der Waals surface area contributed by atoms with Crippen molar-refractivity contribution in [2.24, 2.45) is 5.92 Å². The van der Waals surface area contributed by atoms with Crippen LogP contribution in [0.5, 0.6) is 11.5 Å². The number of phosphoric acid groups is 1. The predicted molar refractivity (Wildman–Crippen MR) is 127 cm³/mol. The van der Waals surface area contributed by atoms with Crippen molar-refractivity contribution in [2.75, 3.05) is 7.11 Å². The summed E-state index contributed by atoms with van der Waals surface area (Å²) in [6, 6.07) is 21.0. The van der Waals surface area contributed by atoms with E-state index in [-0.39, 0.29) is 22.8 Å². The van der Waals surface area contributed by atoms with E-state index in [2.05, 4.69) is 0 Å². The maximum atomic E-state index is 13.9. The monoisotopic (exact) mass is 498 g/mol. The van der Waals surface area contributed by atoms with Gasteiger partial charge in [0.2, 0.25) is 5.78 Å². The molecule has 0 saturated carbocycles. The van der Waals surface area contributed by atoms with E-state index >= 15 is 0 Å². The van der Waals surface area contributed by atoms with Gasteiger partial charge in [0.1, 0.15) is 28.6 Å². The summed E-state index contributed by atoms with van der Waals surface area (Å²) in [5, 5.41) is 0. The predicted octanol–water partition coefficient (Wildman–Crippen LogP) is 6.37. The second-order valence-corrected chi connectivity index (χ2v) is 9.01. The van der Waals surface area contributed by atoms with E-state index < -0.39 is 36.9 Å². The van der Waals surface area contributed by atoms with Crippen LogP contribution < -0.4 is 9.05 Å². The van der Waals surface area contributed by atoms with Gasteiger partial charge in [0, 0.05) is 11.5 Å². The highest BCUT2D eigenvalue weighted by molar-refractivity contribution is 7.49. The molecule has 0 heterocycles. The summed E-state index contributed by atoms with van der Waals surface area (Å²) in [6.45, 7) is 3.26. The second kappa shape index (κ2) is 11.5. The summed E-state index contributed by atoms with van der Waals surface area (Å²) >= 11 is 0. The second-order valence-electron chi connectivity index (χ2n) is 7.57. The first kappa shape index (κ1) is 25.7. The van der Waals surface area contributed by atoms with Crippen molar-refractivity contribution in [2.45, 2.75) is 13.8 Å². The minimum atomic E-state index is -4.49. The van der Waals surface area contributed by atoms with Gasteiger partial charge in [-0.2, -0.15) is 4.57 Å². The number of methoxy groups -OCH3 is 1. The van der Waals surface area contributed by atoms with E-state index in [1.165, 1.54) is 12.1 Å². The molecule has 0 atom stereocenters. The van der Waals surface area contributed by atoms with Gasteiger partial charge < -0.3 is 18.3 Å². The molecule has 0 N–H and O–H groups in total. The van der Waals surface area contributed by atoms with Crippen molar-refractivity contribution in [1.29, 1.82) is 0 Å². The zero-order chi connectivity index (χ0) is 25.4. The average molecular weight is 498 g/mol. The van der Waals surface area contributed by atoms with E-state index in [9.17, 15) is 18.5 Å². The maximum Gasteiger partial charge on any atom is 0.646 e. The van der Waals surface area contributed by atoms with Crippen molar-refractivity contribution in [3.63, 3.8) is 0 Å². The Labute approximate surface area is 202 Å². The molecule has 182 valence electrons. The SMILES string of the molecule is COC(=O)/C(C(=O)c1ccc(F)cc1)=C(\OP(=O)(Oc1ccccc1)Oc1ccccc1)C(C)C. The molecule has 7 nitrogen and oxygen atoms in total. The summed E-state index contributed by atoms with van der Waals surface area (Å²) in [5.41, 5.74) is -0.501. The largest absolute Gasteiger partial charge is 0.646 e. The molecule has 0 aliphatic carbocycles. The van der Waals surface area contributed by atoms with Crippen LogP contribution >= 0.6 is 7.82 Å². The quantitative estimate of drug-likeness (QED) is 0.0610. The molecular weight excluding hydrogens is 474 g/mol. The van der Waals surface area contributed by atoms with Crippen LogP contribution in [0.4, 0.5) is 4.39 Å². The van der Waals surface area contributed by atoms with Gasteiger partial charge >= 0.3 is 13.8 Å². The molecule has 0 unspecified atom stereocenters. The van der Waals surface area contributed by atoms with E-state index in [0.29, 0.717) is 0 Å². The highest BCUT2D eigenvalue weighted by atomic mass is 31.2. The van der Waals surface area contributed by atoms with Crippen LogP contribution in [0.2, 0.25) is 0 Å². The van der Waals surface area contributed by atoms with E-state index in [1.54, 1.807) is 74.5 Å². The molecule has 0 bridgehead atoms. The molecule has 9 heteroatoms. The number of rotatable bonds is 10. The van der Waals surface area contributed by atoms with E-state index in [4.69, 9.17) is 18.3 Å². The molecule has 3 aromatic rings. The number of ether oxygens (including phenoxy) is 1. The van der Waals surface area contributed by atoms with Gasteiger partial charge in [0.15, 0.2) is 0 Å². The lowest BCUT2D eigenvalue weighted by Gasteiger charge is -2.23. The Bertz CT molecular complexity index is 1190. The van der Waals surface area contributed by atoms with Crippen LogP contribution in [0.25, 0.3) is 0 Å². The highest BCUT2D eigenvalue weighted by Gasteiger charge is 2.38. The molecule has 0 aliphatic heterocycles. The first-order valence-electron chi connectivity index (χ1n) is 10.6. The lowest BCUT2D eigenvalue weighted by Crippen LogP contribution is -2.21. The fourth-order valence-corrected chi connectivity index (χ4v) is 4.40. The molecule has 0 fully saturated rings. The minimum Gasteiger partial charge on any atom is -0.465 e. The van der Waals surface area contributed by atoms with Crippen LogP contribution in [0, 0.1) is 11.7 Å². The molecule has 3 aromatic carbocycles. The Morgan fingerprint density at radius 2 is 1.29 bits per heavy atom. The van der Waals surface area contributed by atoms with Crippen LogP contribution in [0.3, 0.4) is 0 Å². The van der Waals surface area contributed by atoms with E-state index in [1.807, 2.05) is 0 Å². The molecule has 0 saturated heterocycles. The van der Waals surface area contributed by atoms with Gasteiger partial charge in [0.05, 0.1) is 7.11 Å². The number of Topliss-reactive ketones (excluding diaryl/α,β-unsaturated/α-hetero) is 1. The van der Waals surface area contributed by atoms with Crippen LogP contribution in [0.1, 0.15) is 24.2 Å². The average Bonchev–Trinajstić information content (AvgIpc) is 2.84. The fourth-order valence-electron chi connectivity index (χ4n) is 2.99. The first-order valence-corrected chi connectivity index (χ1v) is 12.1. The molecule has 35 heavy (non-hydrogen) atoms. The number of hydrogen-bond donors (Lipinski definition) is 0. The number of para-hydroxylation sites is 2. The van der Waals surface area contributed by atoms with Crippen molar-refractivity contribution in [3.8, 4) is 11.5 Å². The zero-order valence-electron chi connectivity index (χ0n) is 19.3. The number of esters is 1. The number of carbonyl (C=O) groups excluding carboxylic acids is 2. The summed E-state index contributed by atoms with van der Waals surface area (Å²) in [5.74, 6) is -2.90. The lowest BCUT2D eigenvalue weighted by molar-refractivity contribution is -0.135. The van der Waals surface area contributed by atoms with Gasteiger partial charge in [-0.15, -0.1) is 0 Å². The maximum absolute atomic E-state index is 13.9. The van der Waals surface area contributed by atoms with Crippen molar-refractivity contribution < 1.29 is 36.9 Å². The molecule has 0 aromatic heterocycles. The zero-order valence-corrected chi connectivity index (χ0v) is 20.2. The van der Waals surface area contributed by atoms with Crippen molar-refractivity contribution in [3.05, 3.63) is 108 Å². The van der Waals surface area contributed by atoms with Gasteiger partial charge in [-0.1, -0.05) is 50.2 Å². The highest BCUT2D eigenvalue weighted by Crippen LogP contribution is 2.52. The standard InChI is InChI=1S/C26H24FO7P/c1-18(2)25(23(26(29)31-3)24(28)19-14-16-20(27)17-15-19)34-35(30,32-21-10-6-4-7-11-21)33-22-12-8-5-9-13-22/h4-18H,1-3H3/b25-23-. The number of hydrogen-bond acceptors (Lipinski definition) is 7. The molecule has 3 rings (SSSR count). The van der Waals surface area contributed by atoms with Crippen LogP contribution in [0.15, 0.2) is 96.3 Å². The topological polar surface area (TPSA) is 88.1 Å². The van der Waals surface area contributed by atoms with Crippen LogP contribution in [-0.4, -0.2) is 18.9 Å². The molecular formula is C26H24FO7P. The summed E-state index contributed by atoms with van der Waals surface area (Å²) in [6.07, 6.45) is 0. The molecule has 0 radical (unpaired) electrons. The molecule has 0 aliphatic rings. The molecule has 0 spiro atoms. The minimum absolute atomic E-state index is 0.0105. The number of ketones is 1. The van der Waals surface area contributed by atoms with Crippen LogP contribution in [-0.2, 0) is 18.6 Å². The van der Waals surface area contributed by atoms with Gasteiger partial charge in [-0.05, 0) is 48.5 Å².